The number of nitrogens with zero attached hydrogens (tertiary/aromatic N) is 2. The minimum Gasteiger partial charge on any atom is -0.385 e. The molecule has 0 aliphatic heterocycles. The van der Waals surface area contributed by atoms with Gasteiger partial charge in [0.1, 0.15) is 5.82 Å². The van der Waals surface area contributed by atoms with E-state index >= 15 is 0 Å². The molecule has 1 N–H and O–H groups in total. The summed E-state index contributed by atoms with van der Waals surface area (Å²) in [6.07, 6.45) is 6.54. The molecule has 0 unspecified atom stereocenters. The summed E-state index contributed by atoms with van der Waals surface area (Å²) < 4.78 is 15.1. The summed E-state index contributed by atoms with van der Waals surface area (Å²) in [6, 6.07) is 5.08. The van der Waals surface area contributed by atoms with Crippen LogP contribution in [0, 0.1) is 12.7 Å². The van der Waals surface area contributed by atoms with Gasteiger partial charge in [0.25, 0.3) is 0 Å². The van der Waals surface area contributed by atoms with Crippen LogP contribution in [-0.2, 0) is 6.54 Å². The number of hydrogen-bond donors (Lipinski definition) is 1. The normalized spacial score (nSPS) is 10.5. The van der Waals surface area contributed by atoms with Crippen molar-refractivity contribution in [3.05, 3.63) is 48.3 Å². The van der Waals surface area contributed by atoms with Crippen molar-refractivity contribution in [2.24, 2.45) is 0 Å². The second kappa shape index (κ2) is 5.48. The Labute approximate surface area is 100 Å². The first-order chi connectivity index (χ1) is 8.25. The van der Waals surface area contributed by atoms with Crippen molar-refractivity contribution < 1.29 is 4.39 Å². The molecule has 4 heteroatoms. The van der Waals surface area contributed by atoms with Gasteiger partial charge in [-0.15, -0.1) is 0 Å². The van der Waals surface area contributed by atoms with Gasteiger partial charge in [0.15, 0.2) is 0 Å². The van der Waals surface area contributed by atoms with Crippen molar-refractivity contribution in [1.29, 1.82) is 0 Å². The Morgan fingerprint density at radius 1 is 1.41 bits per heavy atom. The summed E-state index contributed by atoms with van der Waals surface area (Å²) in [6.45, 7) is 3.57. The largest absolute Gasteiger partial charge is 0.385 e. The smallest absolute Gasteiger partial charge is 0.126 e. The lowest BCUT2D eigenvalue weighted by molar-refractivity contribution is 0.618. The van der Waals surface area contributed by atoms with Crippen LogP contribution in [0.25, 0.3) is 0 Å². The molecule has 0 amide bonds. The highest BCUT2D eigenvalue weighted by Gasteiger charge is 1.98. The number of anilines is 1. The van der Waals surface area contributed by atoms with Crippen molar-refractivity contribution in [2.75, 3.05) is 11.9 Å². The zero-order valence-electron chi connectivity index (χ0n) is 9.86. The van der Waals surface area contributed by atoms with Gasteiger partial charge in [-0.2, -0.15) is 0 Å². The Kier molecular flexibility index (Phi) is 3.75. The van der Waals surface area contributed by atoms with E-state index in [1.807, 2.05) is 23.2 Å². The van der Waals surface area contributed by atoms with Crippen LogP contribution >= 0.6 is 0 Å². The first-order valence-corrected chi connectivity index (χ1v) is 5.71. The Bertz CT molecular complexity index is 466. The van der Waals surface area contributed by atoms with Gasteiger partial charge in [0.05, 0.1) is 6.33 Å². The number of aromatic nitrogens is 2. The molecule has 1 aromatic carbocycles. The quantitative estimate of drug-likeness (QED) is 0.805. The van der Waals surface area contributed by atoms with Crippen molar-refractivity contribution in [3.63, 3.8) is 0 Å². The van der Waals surface area contributed by atoms with E-state index in [1.165, 1.54) is 6.07 Å². The molecular formula is C13H16FN3. The molecule has 1 heterocycles. The lowest BCUT2D eigenvalue weighted by Gasteiger charge is -2.07. The molecule has 0 fully saturated rings. The monoisotopic (exact) mass is 233 g/mol. The lowest BCUT2D eigenvalue weighted by atomic mass is 10.2. The first kappa shape index (κ1) is 11.6. The molecule has 0 atom stereocenters. The molecule has 1 aromatic heterocycles. The average Bonchev–Trinajstić information content (AvgIpc) is 2.82. The maximum Gasteiger partial charge on any atom is 0.126 e. The summed E-state index contributed by atoms with van der Waals surface area (Å²) in [4.78, 5) is 3.98. The van der Waals surface area contributed by atoms with Crippen molar-refractivity contribution >= 4 is 5.69 Å². The molecule has 2 aromatic rings. The maximum atomic E-state index is 13.0. The van der Waals surface area contributed by atoms with Gasteiger partial charge in [-0.3, -0.25) is 0 Å². The van der Waals surface area contributed by atoms with Gasteiger partial charge < -0.3 is 9.88 Å². The van der Waals surface area contributed by atoms with Crippen LogP contribution in [-0.4, -0.2) is 16.1 Å². The third-order valence-electron chi connectivity index (χ3n) is 2.64. The predicted octanol–water partition coefficient (Wildman–Crippen LogP) is 2.83. The van der Waals surface area contributed by atoms with E-state index in [0.717, 1.165) is 25.2 Å². The fourth-order valence-electron chi connectivity index (χ4n) is 1.67. The molecule has 17 heavy (non-hydrogen) atoms. The Hall–Kier alpha value is -1.84. The number of aryl methyl sites for hydroxylation is 2. The Balaban J connectivity index is 1.76. The second-order valence-corrected chi connectivity index (χ2v) is 4.04. The molecule has 0 aliphatic rings. The van der Waals surface area contributed by atoms with Gasteiger partial charge in [-0.05, 0) is 37.1 Å². The number of benzene rings is 1. The van der Waals surface area contributed by atoms with E-state index in [0.29, 0.717) is 5.56 Å². The van der Waals surface area contributed by atoms with Crippen LogP contribution in [0.1, 0.15) is 12.0 Å². The minimum atomic E-state index is -0.158. The number of imidazole rings is 1. The minimum absolute atomic E-state index is 0.158. The fraction of sp³-hybridized carbons (Fsp3) is 0.308. The van der Waals surface area contributed by atoms with Crippen LogP contribution in [0.2, 0.25) is 0 Å². The fourth-order valence-corrected chi connectivity index (χ4v) is 1.67. The average molecular weight is 233 g/mol. The molecule has 3 nitrogen and oxygen atoms in total. The van der Waals surface area contributed by atoms with Crippen LogP contribution in [0.4, 0.5) is 10.1 Å². The highest BCUT2D eigenvalue weighted by atomic mass is 19.1. The van der Waals surface area contributed by atoms with E-state index in [-0.39, 0.29) is 5.82 Å². The standard InChI is InChI=1S/C13H16FN3/c1-11-9-12(3-4-13(11)14)16-5-2-7-17-8-6-15-10-17/h3-4,6,8-10,16H,2,5,7H2,1H3. The van der Waals surface area contributed by atoms with E-state index in [2.05, 4.69) is 10.3 Å². The van der Waals surface area contributed by atoms with Gasteiger partial charge in [0, 0.05) is 31.2 Å². The third kappa shape index (κ3) is 3.31. The molecule has 0 saturated heterocycles. The zero-order valence-corrected chi connectivity index (χ0v) is 9.86. The van der Waals surface area contributed by atoms with Gasteiger partial charge in [-0.1, -0.05) is 0 Å². The lowest BCUT2D eigenvalue weighted by Crippen LogP contribution is -2.06. The second-order valence-electron chi connectivity index (χ2n) is 4.04. The topological polar surface area (TPSA) is 29.9 Å². The highest BCUT2D eigenvalue weighted by Crippen LogP contribution is 2.13. The Morgan fingerprint density at radius 3 is 3.00 bits per heavy atom. The van der Waals surface area contributed by atoms with Crippen molar-refractivity contribution in [1.82, 2.24) is 9.55 Å². The first-order valence-electron chi connectivity index (χ1n) is 5.71. The molecule has 0 spiro atoms. The maximum absolute atomic E-state index is 13.0. The van der Waals surface area contributed by atoms with E-state index in [1.54, 1.807) is 19.2 Å². The van der Waals surface area contributed by atoms with E-state index < -0.39 is 0 Å². The molecule has 0 aliphatic carbocycles. The number of rotatable bonds is 5. The molecule has 2 rings (SSSR count). The number of halogens is 1. The molecule has 0 bridgehead atoms. The summed E-state index contributed by atoms with van der Waals surface area (Å²) in [5.74, 6) is -0.158. The molecular weight excluding hydrogens is 217 g/mol. The van der Waals surface area contributed by atoms with Crippen molar-refractivity contribution in [2.45, 2.75) is 19.9 Å². The van der Waals surface area contributed by atoms with E-state index in [4.69, 9.17) is 0 Å². The summed E-state index contributed by atoms with van der Waals surface area (Å²) in [5, 5.41) is 3.27. The van der Waals surface area contributed by atoms with Gasteiger partial charge >= 0.3 is 0 Å². The zero-order chi connectivity index (χ0) is 12.1. The number of hydrogen-bond acceptors (Lipinski definition) is 2. The molecule has 0 radical (unpaired) electrons. The highest BCUT2D eigenvalue weighted by molar-refractivity contribution is 5.45. The van der Waals surface area contributed by atoms with Crippen LogP contribution in [0.3, 0.4) is 0 Å². The van der Waals surface area contributed by atoms with Crippen LogP contribution < -0.4 is 5.32 Å². The van der Waals surface area contributed by atoms with Crippen LogP contribution in [0.5, 0.6) is 0 Å². The molecule has 0 saturated carbocycles. The summed E-state index contributed by atoms with van der Waals surface area (Å²) in [5.41, 5.74) is 1.64. The summed E-state index contributed by atoms with van der Waals surface area (Å²) in [7, 11) is 0. The number of nitrogens with one attached hydrogen (secondary N) is 1. The van der Waals surface area contributed by atoms with Gasteiger partial charge in [-0.25, -0.2) is 9.37 Å². The van der Waals surface area contributed by atoms with Gasteiger partial charge in [0.2, 0.25) is 0 Å². The van der Waals surface area contributed by atoms with E-state index in [9.17, 15) is 4.39 Å². The summed E-state index contributed by atoms with van der Waals surface area (Å²) >= 11 is 0. The predicted molar refractivity (Wildman–Crippen MR) is 66.5 cm³/mol. The molecule has 90 valence electrons. The van der Waals surface area contributed by atoms with Crippen molar-refractivity contribution in [3.8, 4) is 0 Å². The Morgan fingerprint density at radius 2 is 2.29 bits per heavy atom. The third-order valence-corrected chi connectivity index (χ3v) is 2.64. The SMILES string of the molecule is Cc1cc(NCCCn2ccnc2)ccc1F. The van der Waals surface area contributed by atoms with Crippen LogP contribution in [0.15, 0.2) is 36.9 Å².